The van der Waals surface area contributed by atoms with Gasteiger partial charge in [0.2, 0.25) is 5.91 Å². The van der Waals surface area contributed by atoms with Crippen LogP contribution in [0.5, 0.6) is 5.75 Å². The molecule has 0 atom stereocenters. The quantitative estimate of drug-likeness (QED) is 0.572. The maximum Gasteiger partial charge on any atom is 0.224 e. The average Bonchev–Trinajstić information content (AvgIpc) is 3.01. The Kier molecular flexibility index (Phi) is 4.27. The van der Waals surface area contributed by atoms with Gasteiger partial charge < -0.3 is 10.1 Å². The van der Waals surface area contributed by atoms with Crippen LogP contribution < -0.4 is 10.1 Å². The Labute approximate surface area is 153 Å². The maximum absolute atomic E-state index is 13.7. The van der Waals surface area contributed by atoms with E-state index in [2.05, 4.69) is 15.4 Å². The Morgan fingerprint density at radius 2 is 2.07 bits per heavy atom. The largest absolute Gasteiger partial charge is 0.491 e. The van der Waals surface area contributed by atoms with E-state index in [9.17, 15) is 17.6 Å². The molecule has 140 valence electrons. The number of nitrogens with one attached hydrogen (secondary N) is 1. The average molecular weight is 390 g/mol. The van der Waals surface area contributed by atoms with Gasteiger partial charge in [0, 0.05) is 17.3 Å². The van der Waals surface area contributed by atoms with E-state index in [1.165, 1.54) is 35.1 Å². The zero-order chi connectivity index (χ0) is 19.0. The van der Waals surface area contributed by atoms with Gasteiger partial charge >= 0.3 is 0 Å². The van der Waals surface area contributed by atoms with Gasteiger partial charge in [-0.05, 0) is 24.3 Å². The molecular weight excluding hydrogens is 375 g/mol. The Balaban J connectivity index is 1.85. The molecule has 3 heterocycles. The van der Waals surface area contributed by atoms with Gasteiger partial charge in [-0.1, -0.05) is 0 Å². The fourth-order valence-corrected chi connectivity index (χ4v) is 4.14. The summed E-state index contributed by atoms with van der Waals surface area (Å²) in [6.07, 6.45) is 2.96. The summed E-state index contributed by atoms with van der Waals surface area (Å²) in [5.74, 6) is -1.04. The van der Waals surface area contributed by atoms with Gasteiger partial charge in [0.05, 0.1) is 24.9 Å². The minimum Gasteiger partial charge on any atom is -0.491 e. The van der Waals surface area contributed by atoms with Gasteiger partial charge in [0.25, 0.3) is 0 Å². The first-order valence-electron chi connectivity index (χ1n) is 8.16. The lowest BCUT2D eigenvalue weighted by molar-refractivity contribution is -0.120. The molecule has 1 aromatic carbocycles. The molecule has 0 aliphatic carbocycles. The zero-order valence-electron chi connectivity index (χ0n) is 14.1. The molecule has 8 nitrogen and oxygen atoms in total. The van der Waals surface area contributed by atoms with E-state index in [4.69, 9.17) is 4.74 Å². The van der Waals surface area contributed by atoms with Crippen LogP contribution in [0.25, 0.3) is 5.65 Å². The number of rotatable bonds is 0. The maximum atomic E-state index is 13.7. The lowest BCUT2D eigenvalue weighted by Gasteiger charge is -2.13. The van der Waals surface area contributed by atoms with Crippen molar-refractivity contribution in [3.8, 4) is 5.75 Å². The molecule has 4 rings (SSSR count). The van der Waals surface area contributed by atoms with E-state index in [1.54, 1.807) is 0 Å². The van der Waals surface area contributed by atoms with Crippen molar-refractivity contribution in [2.24, 2.45) is 0 Å². The SMILES string of the molecule is O=C1Cc2cnn3ccc(nc23)S(=O)(=O)Cc2cc(F)ccc2OCCN1. The third-order valence-electron chi connectivity index (χ3n) is 4.14. The number of halogens is 1. The third-order valence-corrected chi connectivity index (χ3v) is 5.69. The van der Waals surface area contributed by atoms with E-state index in [-0.39, 0.29) is 41.8 Å². The molecule has 3 aromatic rings. The standard InChI is InChI=1S/C17H15FN4O4S/c18-13-1-2-14-12(7-13)10-27(24,25)16-3-5-22-17(21-16)11(9-20-22)8-15(23)19-4-6-26-14/h1-3,5,7,9H,4,6,8,10H2,(H,19,23). The molecule has 2 aromatic heterocycles. The number of sulfone groups is 1. The van der Waals surface area contributed by atoms with Crippen molar-refractivity contribution in [3.05, 3.63) is 53.6 Å². The molecule has 0 spiro atoms. The lowest BCUT2D eigenvalue weighted by atomic mass is 10.2. The number of nitrogens with zero attached hydrogens (tertiary/aromatic N) is 3. The monoisotopic (exact) mass is 390 g/mol. The smallest absolute Gasteiger partial charge is 0.224 e. The summed E-state index contributed by atoms with van der Waals surface area (Å²) < 4.78 is 46.3. The number of amides is 1. The summed E-state index contributed by atoms with van der Waals surface area (Å²) >= 11 is 0. The minimum absolute atomic E-state index is 0.0157. The van der Waals surface area contributed by atoms with Crippen LogP contribution in [0, 0.1) is 5.82 Å². The number of carbonyl (C=O) groups is 1. The van der Waals surface area contributed by atoms with Gasteiger partial charge in [-0.2, -0.15) is 5.10 Å². The molecule has 27 heavy (non-hydrogen) atoms. The molecule has 0 radical (unpaired) electrons. The number of carbonyl (C=O) groups excluding carboxylic acids is 1. The number of hydrogen-bond acceptors (Lipinski definition) is 6. The third kappa shape index (κ3) is 3.47. The molecular formula is C17H15FN4O4S. The summed E-state index contributed by atoms with van der Waals surface area (Å²) in [6, 6.07) is 5.01. The first-order chi connectivity index (χ1) is 12.9. The lowest BCUT2D eigenvalue weighted by Crippen LogP contribution is -2.29. The minimum atomic E-state index is -3.87. The molecule has 1 N–H and O–H groups in total. The van der Waals surface area contributed by atoms with Crippen LogP contribution in [0.3, 0.4) is 0 Å². The topological polar surface area (TPSA) is 103 Å². The van der Waals surface area contributed by atoms with E-state index >= 15 is 0 Å². The van der Waals surface area contributed by atoms with E-state index in [1.807, 2.05) is 0 Å². The van der Waals surface area contributed by atoms with Gasteiger partial charge in [-0.15, -0.1) is 0 Å². The molecule has 2 bridgehead atoms. The Bertz CT molecular complexity index is 1140. The first kappa shape index (κ1) is 17.4. The summed E-state index contributed by atoms with van der Waals surface area (Å²) in [5.41, 5.74) is 0.988. The van der Waals surface area contributed by atoms with Crippen molar-refractivity contribution >= 4 is 21.4 Å². The van der Waals surface area contributed by atoms with Gasteiger partial charge in [0.15, 0.2) is 20.5 Å². The van der Waals surface area contributed by atoms with E-state index in [0.29, 0.717) is 11.2 Å². The van der Waals surface area contributed by atoms with E-state index < -0.39 is 21.4 Å². The number of aromatic nitrogens is 3. The van der Waals surface area contributed by atoms with Gasteiger partial charge in [0.1, 0.15) is 18.2 Å². The highest BCUT2D eigenvalue weighted by molar-refractivity contribution is 7.90. The normalized spacial score (nSPS) is 17.0. The Hall–Kier alpha value is -3.01. The summed E-state index contributed by atoms with van der Waals surface area (Å²) in [7, 11) is -3.87. The van der Waals surface area contributed by atoms with Gasteiger partial charge in [-0.25, -0.2) is 22.3 Å². The van der Waals surface area contributed by atoms with Crippen LogP contribution in [0.4, 0.5) is 4.39 Å². The van der Waals surface area contributed by atoms with Crippen molar-refractivity contribution in [2.75, 3.05) is 13.2 Å². The molecule has 0 unspecified atom stereocenters. The van der Waals surface area contributed by atoms with Crippen molar-refractivity contribution in [1.82, 2.24) is 19.9 Å². The molecule has 0 saturated heterocycles. The second-order valence-corrected chi connectivity index (χ2v) is 8.03. The molecule has 0 fully saturated rings. The highest BCUT2D eigenvalue weighted by Crippen LogP contribution is 2.25. The van der Waals surface area contributed by atoms with Crippen LogP contribution in [-0.4, -0.2) is 42.1 Å². The van der Waals surface area contributed by atoms with Crippen molar-refractivity contribution in [3.63, 3.8) is 0 Å². The number of hydrogen-bond donors (Lipinski definition) is 1. The molecule has 0 saturated carbocycles. The summed E-state index contributed by atoms with van der Waals surface area (Å²) in [6.45, 7) is 0.345. The highest BCUT2D eigenvalue weighted by atomic mass is 32.2. The van der Waals surface area contributed by atoms with E-state index in [0.717, 1.165) is 6.07 Å². The van der Waals surface area contributed by atoms with Crippen molar-refractivity contribution in [2.45, 2.75) is 17.2 Å². The second kappa shape index (κ2) is 6.62. The molecule has 1 aliphatic heterocycles. The van der Waals surface area contributed by atoms with Crippen LogP contribution in [0.1, 0.15) is 11.1 Å². The fraction of sp³-hybridized carbons (Fsp3) is 0.235. The van der Waals surface area contributed by atoms with Crippen LogP contribution in [-0.2, 0) is 26.8 Å². The molecule has 1 aliphatic rings. The second-order valence-electron chi connectivity index (χ2n) is 6.09. The fourth-order valence-electron chi connectivity index (χ4n) is 2.86. The zero-order valence-corrected chi connectivity index (χ0v) is 14.9. The summed E-state index contributed by atoms with van der Waals surface area (Å²) in [5, 5.41) is 6.62. The highest BCUT2D eigenvalue weighted by Gasteiger charge is 2.22. The van der Waals surface area contributed by atoms with Crippen molar-refractivity contribution in [1.29, 1.82) is 0 Å². The van der Waals surface area contributed by atoms with Crippen LogP contribution in [0.2, 0.25) is 0 Å². The predicted molar refractivity (Wildman–Crippen MR) is 92.5 cm³/mol. The molecule has 10 heteroatoms. The predicted octanol–water partition coefficient (Wildman–Crippen LogP) is 0.893. The Morgan fingerprint density at radius 1 is 1.22 bits per heavy atom. The number of fused-ring (bicyclic) bond motifs is 2. The van der Waals surface area contributed by atoms with Crippen LogP contribution >= 0.6 is 0 Å². The number of ether oxygens (including phenoxy) is 1. The van der Waals surface area contributed by atoms with Gasteiger partial charge in [-0.3, -0.25) is 4.79 Å². The van der Waals surface area contributed by atoms with Crippen LogP contribution in [0.15, 0.2) is 41.7 Å². The Morgan fingerprint density at radius 3 is 2.93 bits per heavy atom. The molecule has 1 amide bonds. The first-order valence-corrected chi connectivity index (χ1v) is 9.81. The van der Waals surface area contributed by atoms with Crippen molar-refractivity contribution < 1.29 is 22.3 Å². The summed E-state index contributed by atoms with van der Waals surface area (Å²) in [4.78, 5) is 16.3. The number of benzene rings is 1.